The summed E-state index contributed by atoms with van der Waals surface area (Å²) in [6, 6.07) is 14.8. The van der Waals surface area contributed by atoms with Crippen molar-refractivity contribution in [2.45, 2.75) is 39.7 Å². The van der Waals surface area contributed by atoms with E-state index in [1.54, 1.807) is 43.3 Å². The van der Waals surface area contributed by atoms with E-state index in [-0.39, 0.29) is 13.2 Å². The lowest BCUT2D eigenvalue weighted by Crippen LogP contribution is -2.29. The number of benzene rings is 2. The Hall–Kier alpha value is -3.25. The van der Waals surface area contributed by atoms with Crippen LogP contribution in [-0.4, -0.2) is 36.7 Å². The van der Waals surface area contributed by atoms with Crippen LogP contribution >= 0.6 is 11.6 Å². The van der Waals surface area contributed by atoms with E-state index in [1.807, 2.05) is 43.3 Å². The first-order valence-electron chi connectivity index (χ1n) is 11.5. The summed E-state index contributed by atoms with van der Waals surface area (Å²) in [7, 11) is 0. The predicted octanol–water partition coefficient (Wildman–Crippen LogP) is 5.62. The van der Waals surface area contributed by atoms with Crippen LogP contribution in [0.2, 0.25) is 5.02 Å². The molecule has 0 radical (unpaired) electrons. The first kappa shape index (κ1) is 25.4. The van der Waals surface area contributed by atoms with Crippen molar-refractivity contribution in [2.75, 3.05) is 19.8 Å². The van der Waals surface area contributed by atoms with E-state index in [2.05, 4.69) is 0 Å². The molecular weight excluding hydrogens is 454 g/mol. The lowest BCUT2D eigenvalue weighted by atomic mass is 9.83. The average molecular weight is 484 g/mol. The number of carbonyl (C=O) groups is 2. The van der Waals surface area contributed by atoms with Gasteiger partial charge in [-0.1, -0.05) is 42.8 Å². The summed E-state index contributed by atoms with van der Waals surface area (Å²) in [5, 5.41) is 0.638. The lowest BCUT2D eigenvalue weighted by Gasteiger charge is -2.30. The Morgan fingerprint density at radius 2 is 1.41 bits per heavy atom. The van der Waals surface area contributed by atoms with Crippen LogP contribution in [-0.2, 0) is 25.6 Å². The van der Waals surface area contributed by atoms with Gasteiger partial charge in [0.2, 0.25) is 0 Å². The highest BCUT2D eigenvalue weighted by Gasteiger charge is 2.35. The third-order valence-corrected chi connectivity index (χ3v) is 5.47. The van der Waals surface area contributed by atoms with Gasteiger partial charge in [-0.15, -0.1) is 0 Å². The molecule has 0 amide bonds. The van der Waals surface area contributed by atoms with Crippen LogP contribution in [0.3, 0.4) is 0 Å². The quantitative estimate of drug-likeness (QED) is 0.408. The third kappa shape index (κ3) is 6.41. The number of carbonyl (C=O) groups excluding carboxylic acids is 2. The summed E-state index contributed by atoms with van der Waals surface area (Å²) in [6.45, 7) is 7.06. The standard InChI is InChI=1S/C27H30ClNO5/c1-4-15-34-22-13-9-20(10-14-22)25-23(26(30)32-5-2)17-29(18-24(25)27(31)33-6-3)16-19-7-11-21(28)12-8-19/h7-14,17-18,25H,4-6,15-16H2,1-3H3. The van der Waals surface area contributed by atoms with E-state index in [1.165, 1.54) is 0 Å². The highest BCUT2D eigenvalue weighted by molar-refractivity contribution is 6.30. The molecule has 0 saturated carbocycles. The molecule has 0 aliphatic carbocycles. The minimum absolute atomic E-state index is 0.225. The van der Waals surface area contributed by atoms with Crippen molar-refractivity contribution < 1.29 is 23.8 Å². The zero-order chi connectivity index (χ0) is 24.5. The zero-order valence-electron chi connectivity index (χ0n) is 19.8. The Labute approximate surface area is 205 Å². The molecule has 2 aromatic carbocycles. The molecule has 6 nitrogen and oxygen atoms in total. The van der Waals surface area contributed by atoms with Gasteiger partial charge in [-0.25, -0.2) is 9.59 Å². The number of halogens is 1. The number of nitrogens with zero attached hydrogens (tertiary/aromatic N) is 1. The summed E-state index contributed by atoms with van der Waals surface area (Å²) in [5.41, 5.74) is 2.47. The van der Waals surface area contributed by atoms with Crippen molar-refractivity contribution in [2.24, 2.45) is 0 Å². The summed E-state index contributed by atoms with van der Waals surface area (Å²) in [6.07, 6.45) is 4.38. The van der Waals surface area contributed by atoms with Crippen LogP contribution in [0.15, 0.2) is 72.1 Å². The zero-order valence-corrected chi connectivity index (χ0v) is 20.5. The SMILES string of the molecule is CCCOc1ccc(C2C(C(=O)OCC)=CN(Cc3ccc(Cl)cc3)C=C2C(=O)OCC)cc1. The van der Waals surface area contributed by atoms with Crippen molar-refractivity contribution in [3.05, 3.63) is 88.2 Å². The maximum atomic E-state index is 13.0. The van der Waals surface area contributed by atoms with Crippen molar-refractivity contribution in [1.82, 2.24) is 4.90 Å². The summed E-state index contributed by atoms with van der Waals surface area (Å²) in [5.74, 6) is -0.849. The fraction of sp³-hybridized carbons (Fsp3) is 0.333. The van der Waals surface area contributed by atoms with E-state index in [9.17, 15) is 9.59 Å². The fourth-order valence-electron chi connectivity index (χ4n) is 3.71. The molecule has 0 aromatic heterocycles. The Kier molecular flexibility index (Phi) is 9.16. The Bertz CT molecular complexity index is 1010. The molecule has 0 fully saturated rings. The molecule has 1 aliphatic heterocycles. The second-order valence-electron chi connectivity index (χ2n) is 7.76. The van der Waals surface area contributed by atoms with Crippen LogP contribution in [0.4, 0.5) is 0 Å². The van der Waals surface area contributed by atoms with Gasteiger partial charge >= 0.3 is 11.9 Å². The Morgan fingerprint density at radius 1 is 0.853 bits per heavy atom. The first-order chi connectivity index (χ1) is 16.5. The molecule has 7 heteroatoms. The second kappa shape index (κ2) is 12.3. The van der Waals surface area contributed by atoms with Crippen LogP contribution in [0.1, 0.15) is 44.2 Å². The van der Waals surface area contributed by atoms with Gasteiger partial charge in [0.1, 0.15) is 5.75 Å². The van der Waals surface area contributed by atoms with Gasteiger partial charge in [0, 0.05) is 24.0 Å². The molecule has 0 bridgehead atoms. The Morgan fingerprint density at radius 3 is 1.91 bits per heavy atom. The lowest BCUT2D eigenvalue weighted by molar-refractivity contribution is -0.139. The van der Waals surface area contributed by atoms with Gasteiger partial charge < -0.3 is 19.1 Å². The van der Waals surface area contributed by atoms with Gasteiger partial charge in [0.25, 0.3) is 0 Å². The van der Waals surface area contributed by atoms with Crippen molar-refractivity contribution in [3.63, 3.8) is 0 Å². The average Bonchev–Trinajstić information content (AvgIpc) is 2.84. The first-order valence-corrected chi connectivity index (χ1v) is 11.8. The minimum atomic E-state index is -0.625. The van der Waals surface area contributed by atoms with Crippen LogP contribution in [0, 0.1) is 0 Å². The summed E-state index contributed by atoms with van der Waals surface area (Å²) >= 11 is 6.01. The highest BCUT2D eigenvalue weighted by Crippen LogP contribution is 2.38. The van der Waals surface area contributed by atoms with Crippen molar-refractivity contribution in [1.29, 1.82) is 0 Å². The topological polar surface area (TPSA) is 65.1 Å². The van der Waals surface area contributed by atoms with E-state index in [0.717, 1.165) is 23.3 Å². The number of hydrogen-bond donors (Lipinski definition) is 0. The molecule has 180 valence electrons. The van der Waals surface area contributed by atoms with Crippen LogP contribution in [0.5, 0.6) is 5.75 Å². The van der Waals surface area contributed by atoms with Gasteiger partial charge in [0.15, 0.2) is 0 Å². The normalized spacial score (nSPS) is 13.7. The van der Waals surface area contributed by atoms with E-state index in [0.29, 0.717) is 29.3 Å². The van der Waals surface area contributed by atoms with Crippen molar-refractivity contribution >= 4 is 23.5 Å². The van der Waals surface area contributed by atoms with Gasteiger partial charge in [-0.3, -0.25) is 0 Å². The van der Waals surface area contributed by atoms with E-state index in [4.69, 9.17) is 25.8 Å². The number of hydrogen-bond acceptors (Lipinski definition) is 6. The van der Waals surface area contributed by atoms with Gasteiger partial charge in [-0.2, -0.15) is 0 Å². The molecule has 0 saturated heterocycles. The monoisotopic (exact) mass is 483 g/mol. The van der Waals surface area contributed by atoms with Gasteiger partial charge in [0.05, 0.1) is 36.9 Å². The molecule has 0 unspecified atom stereocenters. The number of ether oxygens (including phenoxy) is 3. The second-order valence-corrected chi connectivity index (χ2v) is 8.20. The van der Waals surface area contributed by atoms with E-state index < -0.39 is 17.9 Å². The maximum absolute atomic E-state index is 13.0. The Balaban J connectivity index is 2.02. The smallest absolute Gasteiger partial charge is 0.336 e. The number of rotatable bonds is 10. The molecule has 0 atom stereocenters. The fourth-order valence-corrected chi connectivity index (χ4v) is 3.83. The molecule has 0 spiro atoms. The summed E-state index contributed by atoms with van der Waals surface area (Å²) < 4.78 is 16.4. The predicted molar refractivity (Wildman–Crippen MR) is 131 cm³/mol. The molecule has 1 heterocycles. The molecule has 2 aromatic rings. The van der Waals surface area contributed by atoms with Crippen molar-refractivity contribution in [3.8, 4) is 5.75 Å². The minimum Gasteiger partial charge on any atom is -0.494 e. The summed E-state index contributed by atoms with van der Waals surface area (Å²) in [4.78, 5) is 27.8. The molecule has 0 N–H and O–H groups in total. The molecule has 34 heavy (non-hydrogen) atoms. The molecule has 3 rings (SSSR count). The number of esters is 2. The van der Waals surface area contributed by atoms with Crippen LogP contribution < -0.4 is 4.74 Å². The third-order valence-electron chi connectivity index (χ3n) is 5.22. The highest BCUT2D eigenvalue weighted by atomic mass is 35.5. The van der Waals surface area contributed by atoms with Gasteiger partial charge in [-0.05, 0) is 55.7 Å². The molecule has 1 aliphatic rings. The van der Waals surface area contributed by atoms with E-state index >= 15 is 0 Å². The largest absolute Gasteiger partial charge is 0.494 e. The maximum Gasteiger partial charge on any atom is 0.336 e. The molecular formula is C27H30ClNO5. The van der Waals surface area contributed by atoms with Crippen LogP contribution in [0.25, 0.3) is 0 Å².